The number of nitrogens with zero attached hydrogens (tertiary/aromatic N) is 1. The highest BCUT2D eigenvalue weighted by atomic mass is 32.2. The molecular formula is C18H28N4O5S. The normalized spacial score (nSPS) is 18.4. The molecule has 1 amide bonds. The molecule has 1 heterocycles. The van der Waals surface area contributed by atoms with Gasteiger partial charge in [-0.2, -0.15) is 0 Å². The van der Waals surface area contributed by atoms with Crippen molar-refractivity contribution in [3.8, 4) is 11.5 Å². The van der Waals surface area contributed by atoms with Crippen molar-refractivity contribution in [2.75, 3.05) is 39.3 Å². The number of aliphatic imine (C=N–C) groups is 1. The Kier molecular flexibility index (Phi) is 7.91. The molecule has 1 aromatic carbocycles. The number of benzene rings is 1. The lowest BCUT2D eigenvalue weighted by atomic mass is 10.2. The van der Waals surface area contributed by atoms with E-state index in [-0.39, 0.29) is 29.9 Å². The Morgan fingerprint density at radius 3 is 2.64 bits per heavy atom. The van der Waals surface area contributed by atoms with Gasteiger partial charge in [-0.25, -0.2) is 8.42 Å². The summed E-state index contributed by atoms with van der Waals surface area (Å²) < 4.78 is 33.4. The van der Waals surface area contributed by atoms with Crippen LogP contribution in [0, 0.1) is 0 Å². The highest BCUT2D eigenvalue weighted by Crippen LogP contribution is 2.24. The number of carbonyl (C=O) groups is 1. The van der Waals surface area contributed by atoms with Gasteiger partial charge in [0.1, 0.15) is 11.5 Å². The minimum Gasteiger partial charge on any atom is -0.497 e. The summed E-state index contributed by atoms with van der Waals surface area (Å²) in [5.74, 6) is 1.95. The van der Waals surface area contributed by atoms with E-state index >= 15 is 0 Å². The van der Waals surface area contributed by atoms with E-state index in [0.717, 1.165) is 5.56 Å². The van der Waals surface area contributed by atoms with Crippen LogP contribution < -0.4 is 25.4 Å². The minimum atomic E-state index is -3.00. The summed E-state index contributed by atoms with van der Waals surface area (Å²) in [4.78, 5) is 16.1. The van der Waals surface area contributed by atoms with Gasteiger partial charge in [0.15, 0.2) is 15.8 Å². The van der Waals surface area contributed by atoms with E-state index in [0.29, 0.717) is 37.0 Å². The van der Waals surface area contributed by atoms with Gasteiger partial charge in [0.05, 0.1) is 25.7 Å². The number of methoxy groups -OCH3 is 2. The first kappa shape index (κ1) is 21.8. The summed E-state index contributed by atoms with van der Waals surface area (Å²) in [6, 6.07) is 5.28. The van der Waals surface area contributed by atoms with Crippen molar-refractivity contribution in [2.24, 2.45) is 4.99 Å². The molecule has 28 heavy (non-hydrogen) atoms. The predicted molar refractivity (Wildman–Crippen MR) is 108 cm³/mol. The lowest BCUT2D eigenvalue weighted by Crippen LogP contribution is -2.41. The number of carbonyl (C=O) groups excluding carboxylic acids is 1. The van der Waals surface area contributed by atoms with Crippen LogP contribution in [0.5, 0.6) is 11.5 Å². The van der Waals surface area contributed by atoms with Gasteiger partial charge in [-0.15, -0.1) is 0 Å². The molecule has 0 spiro atoms. The molecule has 156 valence electrons. The Balaban J connectivity index is 1.75. The Morgan fingerprint density at radius 2 is 2.04 bits per heavy atom. The molecule has 0 saturated carbocycles. The summed E-state index contributed by atoms with van der Waals surface area (Å²) in [6.07, 6.45) is 0.706. The van der Waals surface area contributed by atoms with Crippen molar-refractivity contribution in [2.45, 2.75) is 25.4 Å². The van der Waals surface area contributed by atoms with Crippen molar-refractivity contribution < 1.29 is 22.7 Å². The van der Waals surface area contributed by atoms with Crippen LogP contribution in [0.1, 0.15) is 18.4 Å². The van der Waals surface area contributed by atoms with Crippen LogP contribution in [0.15, 0.2) is 23.2 Å². The van der Waals surface area contributed by atoms with Gasteiger partial charge < -0.3 is 25.4 Å². The maximum Gasteiger partial charge on any atom is 0.222 e. The predicted octanol–water partition coefficient (Wildman–Crippen LogP) is 0.0622. The number of sulfone groups is 1. The topological polar surface area (TPSA) is 118 Å². The van der Waals surface area contributed by atoms with Crippen LogP contribution in [0.25, 0.3) is 0 Å². The number of rotatable bonds is 8. The Morgan fingerprint density at radius 1 is 1.25 bits per heavy atom. The molecule has 1 atom stereocenters. The van der Waals surface area contributed by atoms with E-state index in [1.165, 1.54) is 0 Å². The van der Waals surface area contributed by atoms with E-state index in [4.69, 9.17) is 9.47 Å². The van der Waals surface area contributed by atoms with Gasteiger partial charge in [-0.05, 0) is 18.6 Å². The average molecular weight is 413 g/mol. The van der Waals surface area contributed by atoms with E-state index in [9.17, 15) is 13.2 Å². The number of amides is 1. The van der Waals surface area contributed by atoms with E-state index < -0.39 is 9.84 Å². The summed E-state index contributed by atoms with van der Waals surface area (Å²) in [6.45, 7) is 0.865. The molecule has 1 aromatic rings. The van der Waals surface area contributed by atoms with Crippen molar-refractivity contribution in [3.63, 3.8) is 0 Å². The Hall–Kier alpha value is -2.49. The second-order valence-electron chi connectivity index (χ2n) is 6.45. The molecule has 2 rings (SSSR count). The maximum atomic E-state index is 12.0. The van der Waals surface area contributed by atoms with Crippen LogP contribution >= 0.6 is 0 Å². The first-order chi connectivity index (χ1) is 13.4. The van der Waals surface area contributed by atoms with Crippen LogP contribution in [-0.4, -0.2) is 65.6 Å². The summed E-state index contributed by atoms with van der Waals surface area (Å²) in [5.41, 5.74) is 0.937. The molecule has 1 fully saturated rings. The number of hydrogen-bond acceptors (Lipinski definition) is 6. The van der Waals surface area contributed by atoms with Crippen molar-refractivity contribution >= 4 is 21.7 Å². The lowest BCUT2D eigenvalue weighted by Gasteiger charge is -2.15. The molecule has 0 aliphatic carbocycles. The van der Waals surface area contributed by atoms with Crippen LogP contribution in [0.4, 0.5) is 0 Å². The highest BCUT2D eigenvalue weighted by Gasteiger charge is 2.28. The summed E-state index contributed by atoms with van der Waals surface area (Å²) >= 11 is 0. The zero-order valence-corrected chi connectivity index (χ0v) is 17.3. The van der Waals surface area contributed by atoms with Crippen molar-refractivity contribution in [1.29, 1.82) is 0 Å². The molecule has 1 saturated heterocycles. The first-order valence-electron chi connectivity index (χ1n) is 9.02. The van der Waals surface area contributed by atoms with Gasteiger partial charge in [-0.3, -0.25) is 9.79 Å². The van der Waals surface area contributed by atoms with Crippen molar-refractivity contribution in [3.05, 3.63) is 23.8 Å². The standard InChI is InChI=1S/C18H28N4O5S/c1-19-18(21-11-13-4-5-15(26-2)10-16(13)27-3)20-8-6-17(23)22-14-7-9-28(24,25)12-14/h4-5,10,14H,6-9,11-12H2,1-3H3,(H,22,23)(H2,19,20,21). The number of ether oxygens (including phenoxy) is 2. The third kappa shape index (κ3) is 6.59. The van der Waals surface area contributed by atoms with E-state index in [1.54, 1.807) is 27.3 Å². The molecule has 9 nitrogen and oxygen atoms in total. The quantitative estimate of drug-likeness (QED) is 0.408. The van der Waals surface area contributed by atoms with Gasteiger partial charge in [0, 0.05) is 44.2 Å². The van der Waals surface area contributed by atoms with Crippen LogP contribution in [-0.2, 0) is 21.2 Å². The zero-order chi connectivity index (χ0) is 20.6. The number of hydrogen-bond donors (Lipinski definition) is 3. The second kappa shape index (κ2) is 10.2. The lowest BCUT2D eigenvalue weighted by molar-refractivity contribution is -0.121. The SMILES string of the molecule is CN=C(NCCC(=O)NC1CCS(=O)(=O)C1)NCc1ccc(OC)cc1OC. The fourth-order valence-corrected chi connectivity index (χ4v) is 4.57. The molecule has 0 bridgehead atoms. The average Bonchev–Trinajstić information content (AvgIpc) is 3.02. The van der Waals surface area contributed by atoms with Crippen LogP contribution in [0.3, 0.4) is 0 Å². The van der Waals surface area contributed by atoms with E-state index in [2.05, 4.69) is 20.9 Å². The highest BCUT2D eigenvalue weighted by molar-refractivity contribution is 7.91. The molecule has 0 aromatic heterocycles. The number of guanidine groups is 1. The third-order valence-electron chi connectivity index (χ3n) is 4.41. The second-order valence-corrected chi connectivity index (χ2v) is 8.68. The zero-order valence-electron chi connectivity index (χ0n) is 16.4. The summed E-state index contributed by atoms with van der Waals surface area (Å²) in [7, 11) is 1.84. The molecule has 1 unspecified atom stereocenters. The van der Waals surface area contributed by atoms with Gasteiger partial charge in [-0.1, -0.05) is 0 Å². The minimum absolute atomic E-state index is 0.0269. The maximum absolute atomic E-state index is 12.0. The molecule has 1 aliphatic rings. The molecular weight excluding hydrogens is 384 g/mol. The summed E-state index contributed by atoms with van der Waals surface area (Å²) in [5, 5.41) is 8.99. The fraction of sp³-hybridized carbons (Fsp3) is 0.556. The smallest absolute Gasteiger partial charge is 0.222 e. The first-order valence-corrected chi connectivity index (χ1v) is 10.8. The molecule has 10 heteroatoms. The Labute approximate surface area is 165 Å². The fourth-order valence-electron chi connectivity index (χ4n) is 2.90. The third-order valence-corrected chi connectivity index (χ3v) is 6.17. The van der Waals surface area contributed by atoms with Crippen molar-refractivity contribution in [1.82, 2.24) is 16.0 Å². The van der Waals surface area contributed by atoms with Gasteiger partial charge >= 0.3 is 0 Å². The largest absolute Gasteiger partial charge is 0.497 e. The Bertz CT molecular complexity index is 810. The monoisotopic (exact) mass is 412 g/mol. The van der Waals surface area contributed by atoms with Gasteiger partial charge in [0.2, 0.25) is 5.91 Å². The number of nitrogens with one attached hydrogen (secondary N) is 3. The van der Waals surface area contributed by atoms with Crippen LogP contribution in [0.2, 0.25) is 0 Å². The molecule has 1 aliphatic heterocycles. The molecule has 3 N–H and O–H groups in total. The van der Waals surface area contributed by atoms with Gasteiger partial charge in [0.25, 0.3) is 0 Å². The molecule has 0 radical (unpaired) electrons. The van der Waals surface area contributed by atoms with E-state index in [1.807, 2.05) is 12.1 Å².